The van der Waals surface area contributed by atoms with Gasteiger partial charge in [0.15, 0.2) is 0 Å². The lowest BCUT2D eigenvalue weighted by atomic mass is 10.1. The summed E-state index contributed by atoms with van der Waals surface area (Å²) < 4.78 is 0. The number of nitrogens with zero attached hydrogens (tertiary/aromatic N) is 1. The average molecular weight is 216 g/mol. The van der Waals surface area contributed by atoms with Crippen molar-refractivity contribution in [3.63, 3.8) is 0 Å². The molecule has 0 radical (unpaired) electrons. The van der Waals surface area contributed by atoms with Crippen molar-refractivity contribution in [1.29, 1.82) is 0 Å². The van der Waals surface area contributed by atoms with Crippen LogP contribution in [-0.2, 0) is 4.79 Å². The van der Waals surface area contributed by atoms with Crippen LogP contribution in [0.5, 0.6) is 5.75 Å². The molecule has 1 amide bonds. The fourth-order valence-corrected chi connectivity index (χ4v) is 1.36. The molecule has 3 N–H and O–H groups in total. The molecule has 0 saturated heterocycles. The first-order valence-electron chi connectivity index (χ1n) is 4.59. The molecule has 0 aliphatic carbocycles. The molecule has 0 aliphatic rings. The van der Waals surface area contributed by atoms with Crippen LogP contribution in [0.3, 0.4) is 0 Å². The second-order valence-corrected chi connectivity index (χ2v) is 2.91. The molecule has 1 aromatic heterocycles. The van der Waals surface area contributed by atoms with E-state index < -0.39 is 0 Å². The third-order valence-corrected chi connectivity index (χ3v) is 2.00. The number of nitrogens with two attached hydrogens (primary N) is 1. The molecular formula is C12H12N2O2. The first-order chi connectivity index (χ1) is 7.74. The lowest BCUT2D eigenvalue weighted by Gasteiger charge is -2.02. The maximum atomic E-state index is 9.49. The van der Waals surface area contributed by atoms with E-state index in [9.17, 15) is 5.11 Å². The minimum atomic E-state index is 0.209. The van der Waals surface area contributed by atoms with Crippen LogP contribution in [0.2, 0.25) is 0 Å². The fourth-order valence-electron chi connectivity index (χ4n) is 1.36. The maximum absolute atomic E-state index is 9.49. The third-order valence-electron chi connectivity index (χ3n) is 2.00. The number of hydrogen-bond donors (Lipinski definition) is 2. The molecule has 0 aliphatic heterocycles. The Kier molecular flexibility index (Phi) is 4.03. The van der Waals surface area contributed by atoms with E-state index in [2.05, 4.69) is 17.3 Å². The standard InChI is InChI=1S/C11H9NO.CH3NO/c1-2-8-5-6-10(13)11-9(8)4-3-7-12-11;2-1-3/h2-7,13H,1H2;1H,(H2,2,3). The van der Waals surface area contributed by atoms with Crippen molar-refractivity contribution in [3.05, 3.63) is 42.6 Å². The monoisotopic (exact) mass is 216 g/mol. The van der Waals surface area contributed by atoms with Crippen molar-refractivity contribution >= 4 is 23.4 Å². The van der Waals surface area contributed by atoms with Gasteiger partial charge in [0, 0.05) is 11.6 Å². The van der Waals surface area contributed by atoms with E-state index in [1.54, 1.807) is 18.3 Å². The normalized spacial score (nSPS) is 9.00. The van der Waals surface area contributed by atoms with E-state index in [4.69, 9.17) is 4.79 Å². The van der Waals surface area contributed by atoms with Gasteiger partial charge in [0.05, 0.1) is 0 Å². The Bertz CT molecular complexity index is 509. The lowest BCUT2D eigenvalue weighted by Crippen LogP contribution is -1.82. The molecule has 2 rings (SSSR count). The summed E-state index contributed by atoms with van der Waals surface area (Å²) >= 11 is 0. The molecule has 0 atom stereocenters. The predicted octanol–water partition coefficient (Wildman–Crippen LogP) is 1.68. The molecular weight excluding hydrogens is 204 g/mol. The van der Waals surface area contributed by atoms with E-state index in [1.807, 2.05) is 18.2 Å². The van der Waals surface area contributed by atoms with E-state index in [-0.39, 0.29) is 12.2 Å². The van der Waals surface area contributed by atoms with Crippen LogP contribution < -0.4 is 5.73 Å². The van der Waals surface area contributed by atoms with Crippen LogP contribution in [0.25, 0.3) is 17.0 Å². The summed E-state index contributed by atoms with van der Waals surface area (Å²) in [7, 11) is 0. The van der Waals surface area contributed by atoms with Gasteiger partial charge in [0.25, 0.3) is 0 Å². The van der Waals surface area contributed by atoms with Crippen molar-refractivity contribution < 1.29 is 9.90 Å². The third kappa shape index (κ3) is 2.36. The number of benzene rings is 1. The van der Waals surface area contributed by atoms with Gasteiger partial charge in [-0.2, -0.15) is 0 Å². The van der Waals surface area contributed by atoms with Crippen molar-refractivity contribution in [2.24, 2.45) is 5.73 Å². The number of fused-ring (bicyclic) bond motifs is 1. The van der Waals surface area contributed by atoms with Gasteiger partial charge in [-0.1, -0.05) is 24.8 Å². The first-order valence-corrected chi connectivity index (χ1v) is 4.59. The molecule has 4 nitrogen and oxygen atoms in total. The molecule has 1 aromatic carbocycles. The highest BCUT2D eigenvalue weighted by molar-refractivity contribution is 5.91. The van der Waals surface area contributed by atoms with Crippen LogP contribution in [0.4, 0.5) is 0 Å². The number of carbonyl (C=O) groups excluding carboxylic acids is 1. The van der Waals surface area contributed by atoms with Crippen LogP contribution in [0.1, 0.15) is 5.56 Å². The summed E-state index contributed by atoms with van der Waals surface area (Å²) in [5.41, 5.74) is 5.78. The summed E-state index contributed by atoms with van der Waals surface area (Å²) in [6, 6.07) is 7.21. The number of pyridine rings is 1. The number of amides is 1. The highest BCUT2D eigenvalue weighted by Gasteiger charge is 2.02. The van der Waals surface area contributed by atoms with E-state index >= 15 is 0 Å². The smallest absolute Gasteiger partial charge is 0.204 e. The van der Waals surface area contributed by atoms with Crippen LogP contribution >= 0.6 is 0 Å². The van der Waals surface area contributed by atoms with Crippen molar-refractivity contribution in [3.8, 4) is 5.75 Å². The summed E-state index contributed by atoms with van der Waals surface area (Å²) in [6.45, 7) is 3.70. The Balaban J connectivity index is 0.000000386. The summed E-state index contributed by atoms with van der Waals surface area (Å²) in [6.07, 6.45) is 3.67. The molecule has 0 unspecified atom stereocenters. The van der Waals surface area contributed by atoms with Gasteiger partial charge in [-0.3, -0.25) is 9.78 Å². The second-order valence-electron chi connectivity index (χ2n) is 2.91. The highest BCUT2D eigenvalue weighted by Crippen LogP contribution is 2.25. The summed E-state index contributed by atoms with van der Waals surface area (Å²) in [5, 5.41) is 10.4. The summed E-state index contributed by atoms with van der Waals surface area (Å²) in [5.74, 6) is 0.209. The van der Waals surface area contributed by atoms with Crippen molar-refractivity contribution in [2.75, 3.05) is 0 Å². The zero-order valence-electron chi connectivity index (χ0n) is 8.63. The van der Waals surface area contributed by atoms with Gasteiger partial charge < -0.3 is 10.8 Å². The molecule has 2 aromatic rings. The number of rotatable bonds is 1. The van der Waals surface area contributed by atoms with Gasteiger partial charge in [-0.25, -0.2) is 0 Å². The Morgan fingerprint density at radius 1 is 1.38 bits per heavy atom. The van der Waals surface area contributed by atoms with Gasteiger partial charge in [0.1, 0.15) is 11.3 Å². The van der Waals surface area contributed by atoms with Gasteiger partial charge in [-0.15, -0.1) is 0 Å². The Morgan fingerprint density at radius 2 is 2.06 bits per heavy atom. The summed E-state index contributed by atoms with van der Waals surface area (Å²) in [4.78, 5) is 12.7. The van der Waals surface area contributed by atoms with Crippen LogP contribution in [0.15, 0.2) is 37.0 Å². The predicted molar refractivity (Wildman–Crippen MR) is 63.8 cm³/mol. The quantitative estimate of drug-likeness (QED) is 0.712. The number of aromatic nitrogens is 1. The zero-order valence-corrected chi connectivity index (χ0v) is 8.63. The van der Waals surface area contributed by atoms with E-state index in [0.717, 1.165) is 10.9 Å². The number of primary amides is 1. The van der Waals surface area contributed by atoms with Crippen LogP contribution in [-0.4, -0.2) is 16.5 Å². The van der Waals surface area contributed by atoms with Crippen LogP contribution in [0, 0.1) is 0 Å². The number of hydrogen-bond acceptors (Lipinski definition) is 3. The number of phenolic OH excluding ortho intramolecular Hbond substituents is 1. The van der Waals surface area contributed by atoms with Gasteiger partial charge >= 0.3 is 0 Å². The minimum absolute atomic E-state index is 0.209. The maximum Gasteiger partial charge on any atom is 0.204 e. The topological polar surface area (TPSA) is 76.2 Å². The SMILES string of the molecule is C=Cc1ccc(O)c2ncccc12.NC=O. The minimum Gasteiger partial charge on any atom is -0.506 e. The molecule has 0 saturated carbocycles. The molecule has 4 heteroatoms. The number of aromatic hydroxyl groups is 1. The average Bonchev–Trinajstić information content (AvgIpc) is 2.31. The molecule has 0 fully saturated rings. The van der Waals surface area contributed by atoms with Crippen molar-refractivity contribution in [2.45, 2.75) is 0 Å². The van der Waals surface area contributed by atoms with Gasteiger partial charge in [-0.05, 0) is 17.7 Å². The number of carbonyl (C=O) groups is 1. The first kappa shape index (κ1) is 11.7. The lowest BCUT2D eigenvalue weighted by molar-refractivity contribution is -0.106. The Hall–Kier alpha value is -2.36. The van der Waals surface area contributed by atoms with E-state index in [1.165, 1.54) is 0 Å². The molecule has 0 spiro atoms. The Labute approximate surface area is 93.0 Å². The number of phenols is 1. The zero-order chi connectivity index (χ0) is 12.0. The van der Waals surface area contributed by atoms with Gasteiger partial charge in [0.2, 0.25) is 6.41 Å². The molecule has 16 heavy (non-hydrogen) atoms. The largest absolute Gasteiger partial charge is 0.506 e. The van der Waals surface area contributed by atoms with E-state index in [0.29, 0.717) is 5.52 Å². The molecule has 0 bridgehead atoms. The highest BCUT2D eigenvalue weighted by atomic mass is 16.3. The second kappa shape index (κ2) is 5.50. The Morgan fingerprint density at radius 3 is 2.69 bits per heavy atom. The molecule has 82 valence electrons. The molecule has 1 heterocycles. The fraction of sp³-hybridized carbons (Fsp3) is 0. The van der Waals surface area contributed by atoms with Crippen molar-refractivity contribution in [1.82, 2.24) is 4.98 Å².